The van der Waals surface area contributed by atoms with Crippen LogP contribution in [-0.2, 0) is 6.54 Å². The molecule has 0 N–H and O–H groups in total. The number of halogens is 1. The topological polar surface area (TPSA) is 73.4 Å². The SMILES string of the molecule is O=c1on(CCN2CCCCC2)c(-c2ccnc(Oc3ccccc3)n2)c1-c1ccc(F)cc1. The van der Waals surface area contributed by atoms with Crippen LogP contribution in [0.4, 0.5) is 4.39 Å². The molecule has 1 aliphatic rings. The van der Waals surface area contributed by atoms with Gasteiger partial charge in [-0.05, 0) is 61.8 Å². The maximum absolute atomic E-state index is 13.6. The van der Waals surface area contributed by atoms with Crippen LogP contribution >= 0.6 is 0 Å². The molecule has 0 saturated carbocycles. The second-order valence-corrected chi connectivity index (χ2v) is 8.25. The normalized spacial score (nSPS) is 14.3. The first-order valence-corrected chi connectivity index (χ1v) is 11.5. The fraction of sp³-hybridized carbons (Fsp3) is 0.269. The third-order valence-electron chi connectivity index (χ3n) is 5.91. The number of likely N-dealkylation sites (tertiary alicyclic amines) is 1. The Balaban J connectivity index is 1.54. The Hall–Kier alpha value is -3.78. The van der Waals surface area contributed by atoms with Crippen LogP contribution in [0.1, 0.15) is 19.3 Å². The van der Waals surface area contributed by atoms with Crippen molar-refractivity contribution in [2.24, 2.45) is 0 Å². The Labute approximate surface area is 196 Å². The minimum Gasteiger partial charge on any atom is -0.424 e. The van der Waals surface area contributed by atoms with Gasteiger partial charge in [-0.3, -0.25) is 0 Å². The van der Waals surface area contributed by atoms with Gasteiger partial charge in [0.1, 0.15) is 17.3 Å². The molecule has 1 saturated heterocycles. The summed E-state index contributed by atoms with van der Waals surface area (Å²) in [5, 5.41) is 0. The minimum absolute atomic E-state index is 0.157. The molecule has 7 nitrogen and oxygen atoms in total. The summed E-state index contributed by atoms with van der Waals surface area (Å²) in [6, 6.07) is 16.9. The average Bonchev–Trinajstić information content (AvgIpc) is 3.20. The Morgan fingerprint density at radius 2 is 1.71 bits per heavy atom. The van der Waals surface area contributed by atoms with Crippen LogP contribution < -0.4 is 10.4 Å². The van der Waals surface area contributed by atoms with E-state index in [1.54, 1.807) is 29.1 Å². The average molecular weight is 461 g/mol. The number of aromatic nitrogens is 3. The van der Waals surface area contributed by atoms with Crippen molar-refractivity contribution in [1.82, 2.24) is 19.6 Å². The fourth-order valence-corrected chi connectivity index (χ4v) is 4.23. The highest BCUT2D eigenvalue weighted by Gasteiger charge is 2.23. The number of nitrogens with zero attached hydrogens (tertiary/aromatic N) is 4. The molecule has 5 rings (SSSR count). The molecule has 174 valence electrons. The number of ether oxygens (including phenoxy) is 1. The Kier molecular flexibility index (Phi) is 6.49. The van der Waals surface area contributed by atoms with Crippen LogP contribution in [0.15, 0.2) is 76.2 Å². The van der Waals surface area contributed by atoms with Crippen LogP contribution in [-0.4, -0.2) is 39.2 Å². The molecule has 0 aliphatic carbocycles. The summed E-state index contributed by atoms with van der Waals surface area (Å²) in [4.78, 5) is 24.1. The zero-order valence-electron chi connectivity index (χ0n) is 18.7. The highest BCUT2D eigenvalue weighted by molar-refractivity contribution is 5.78. The number of para-hydroxylation sites is 1. The van der Waals surface area contributed by atoms with Crippen molar-refractivity contribution in [1.29, 1.82) is 0 Å². The maximum Gasteiger partial charge on any atom is 0.366 e. The van der Waals surface area contributed by atoms with E-state index in [4.69, 9.17) is 9.26 Å². The first kappa shape index (κ1) is 22.0. The van der Waals surface area contributed by atoms with E-state index in [0.717, 1.165) is 19.6 Å². The van der Waals surface area contributed by atoms with Crippen molar-refractivity contribution in [3.05, 3.63) is 83.1 Å². The lowest BCUT2D eigenvalue weighted by molar-refractivity contribution is 0.179. The standard InChI is InChI=1S/C26H25FN4O3/c27-20-11-9-19(10-12-20)23-24(31(34-25(23)32)18-17-30-15-5-2-6-16-30)22-13-14-28-26(29-22)33-21-7-3-1-4-8-21/h1,3-4,7-14H,2,5-6,15-18H2. The van der Waals surface area contributed by atoms with E-state index >= 15 is 0 Å². The summed E-state index contributed by atoms with van der Waals surface area (Å²) in [5.74, 6) is 0.230. The minimum atomic E-state index is -0.496. The molecule has 34 heavy (non-hydrogen) atoms. The fourth-order valence-electron chi connectivity index (χ4n) is 4.23. The van der Waals surface area contributed by atoms with E-state index < -0.39 is 5.63 Å². The van der Waals surface area contributed by atoms with Gasteiger partial charge >= 0.3 is 11.6 Å². The van der Waals surface area contributed by atoms with Gasteiger partial charge in [0.2, 0.25) is 0 Å². The van der Waals surface area contributed by atoms with Gasteiger partial charge < -0.3 is 14.2 Å². The predicted octanol–water partition coefficient (Wildman–Crippen LogP) is 4.98. The van der Waals surface area contributed by atoms with Crippen LogP contribution in [0.2, 0.25) is 0 Å². The van der Waals surface area contributed by atoms with Crippen LogP contribution in [0.5, 0.6) is 11.8 Å². The van der Waals surface area contributed by atoms with Gasteiger partial charge in [-0.1, -0.05) is 36.8 Å². The molecule has 2 aromatic heterocycles. The van der Waals surface area contributed by atoms with E-state index in [2.05, 4.69) is 14.9 Å². The van der Waals surface area contributed by atoms with E-state index in [0.29, 0.717) is 34.8 Å². The van der Waals surface area contributed by atoms with Crippen LogP contribution in [0.3, 0.4) is 0 Å². The summed E-state index contributed by atoms with van der Waals surface area (Å²) in [6.45, 7) is 3.32. The van der Waals surface area contributed by atoms with E-state index in [-0.39, 0.29) is 11.8 Å². The second-order valence-electron chi connectivity index (χ2n) is 8.25. The Morgan fingerprint density at radius 1 is 0.941 bits per heavy atom. The third-order valence-corrected chi connectivity index (χ3v) is 5.91. The van der Waals surface area contributed by atoms with Crippen molar-refractivity contribution in [3.8, 4) is 34.3 Å². The first-order chi connectivity index (χ1) is 16.7. The molecule has 0 amide bonds. The van der Waals surface area contributed by atoms with Gasteiger partial charge in [-0.15, -0.1) is 0 Å². The third kappa shape index (κ3) is 4.92. The summed E-state index contributed by atoms with van der Waals surface area (Å²) in [7, 11) is 0. The smallest absolute Gasteiger partial charge is 0.366 e. The zero-order valence-corrected chi connectivity index (χ0v) is 18.7. The maximum atomic E-state index is 13.6. The van der Waals surface area contributed by atoms with Crippen molar-refractivity contribution < 1.29 is 13.7 Å². The van der Waals surface area contributed by atoms with E-state index in [9.17, 15) is 9.18 Å². The van der Waals surface area contributed by atoms with Crippen molar-refractivity contribution in [3.63, 3.8) is 0 Å². The van der Waals surface area contributed by atoms with Crippen LogP contribution in [0, 0.1) is 5.82 Å². The van der Waals surface area contributed by atoms with Crippen molar-refractivity contribution in [2.75, 3.05) is 19.6 Å². The molecule has 0 spiro atoms. The molecule has 1 fully saturated rings. The molecule has 4 aromatic rings. The van der Waals surface area contributed by atoms with Gasteiger partial charge in [0.15, 0.2) is 0 Å². The number of hydrogen-bond acceptors (Lipinski definition) is 6. The molecule has 2 aromatic carbocycles. The highest BCUT2D eigenvalue weighted by atomic mass is 19.1. The van der Waals surface area contributed by atoms with Gasteiger partial charge in [0, 0.05) is 12.7 Å². The van der Waals surface area contributed by atoms with E-state index in [1.807, 2.05) is 30.3 Å². The van der Waals surface area contributed by atoms with Gasteiger partial charge in [0.05, 0.1) is 17.8 Å². The van der Waals surface area contributed by atoms with Crippen LogP contribution in [0.25, 0.3) is 22.5 Å². The molecule has 0 atom stereocenters. The molecular weight excluding hydrogens is 435 g/mol. The number of rotatable bonds is 7. The summed E-state index contributed by atoms with van der Waals surface area (Å²) in [6.07, 6.45) is 5.19. The lowest BCUT2D eigenvalue weighted by atomic mass is 10.0. The molecule has 8 heteroatoms. The lowest BCUT2D eigenvalue weighted by Crippen LogP contribution is -2.32. The van der Waals surface area contributed by atoms with Crippen molar-refractivity contribution >= 4 is 0 Å². The van der Waals surface area contributed by atoms with Gasteiger partial charge in [0.25, 0.3) is 0 Å². The Bertz CT molecular complexity index is 1300. The summed E-state index contributed by atoms with van der Waals surface area (Å²) < 4.78 is 26.6. The molecule has 1 aliphatic heterocycles. The molecule has 3 heterocycles. The van der Waals surface area contributed by atoms with E-state index in [1.165, 1.54) is 31.4 Å². The number of benzene rings is 2. The van der Waals surface area contributed by atoms with Gasteiger partial charge in [-0.2, -0.15) is 4.98 Å². The predicted molar refractivity (Wildman–Crippen MR) is 126 cm³/mol. The summed E-state index contributed by atoms with van der Waals surface area (Å²) in [5.41, 5.74) is 1.41. The molecular formula is C26H25FN4O3. The monoisotopic (exact) mass is 460 g/mol. The Morgan fingerprint density at radius 3 is 2.47 bits per heavy atom. The largest absolute Gasteiger partial charge is 0.424 e. The number of hydrogen-bond donors (Lipinski definition) is 0. The first-order valence-electron chi connectivity index (χ1n) is 11.5. The zero-order chi connectivity index (χ0) is 23.3. The lowest BCUT2D eigenvalue weighted by Gasteiger charge is -2.26. The highest BCUT2D eigenvalue weighted by Crippen LogP contribution is 2.31. The molecule has 0 bridgehead atoms. The quantitative estimate of drug-likeness (QED) is 0.387. The summed E-state index contributed by atoms with van der Waals surface area (Å²) >= 11 is 0. The molecule has 0 radical (unpaired) electrons. The van der Waals surface area contributed by atoms with Gasteiger partial charge in [-0.25, -0.2) is 18.9 Å². The molecule has 0 unspecified atom stereocenters. The number of piperidine rings is 1. The van der Waals surface area contributed by atoms with Crippen molar-refractivity contribution in [2.45, 2.75) is 25.8 Å². The second kappa shape index (κ2) is 10.0.